The maximum absolute atomic E-state index is 12.2. The summed E-state index contributed by atoms with van der Waals surface area (Å²) in [6, 6.07) is 8.08. The van der Waals surface area contributed by atoms with Crippen molar-refractivity contribution in [2.45, 2.75) is 37.6 Å². The summed E-state index contributed by atoms with van der Waals surface area (Å²) in [5.74, 6) is -0.307. The molecular weight excluding hydrogens is 276 g/mol. The Labute approximate surface area is 121 Å². The number of rotatable bonds is 6. The molecule has 1 aromatic carbocycles. The van der Waals surface area contributed by atoms with Crippen molar-refractivity contribution >= 4 is 15.9 Å². The van der Waals surface area contributed by atoms with Gasteiger partial charge in [-0.1, -0.05) is 25.1 Å². The standard InChI is InChI=1S/C14H22N2O3S/c1-5-14(2,3)15-13(17)11-16(4)20(18,19)12-9-7-6-8-10-12/h6-10H,5,11H2,1-4H3,(H,15,17). The van der Waals surface area contributed by atoms with Crippen LogP contribution in [0.5, 0.6) is 0 Å². The van der Waals surface area contributed by atoms with Crippen LogP contribution in [0.2, 0.25) is 0 Å². The number of hydrogen-bond acceptors (Lipinski definition) is 3. The second kappa shape index (κ2) is 6.37. The quantitative estimate of drug-likeness (QED) is 0.867. The number of carbonyl (C=O) groups is 1. The highest BCUT2D eigenvalue weighted by Gasteiger charge is 2.25. The summed E-state index contributed by atoms with van der Waals surface area (Å²) in [4.78, 5) is 12.1. The summed E-state index contributed by atoms with van der Waals surface area (Å²) >= 11 is 0. The number of benzene rings is 1. The van der Waals surface area contributed by atoms with E-state index in [-0.39, 0.29) is 22.9 Å². The summed E-state index contributed by atoms with van der Waals surface area (Å²) in [5.41, 5.74) is -0.339. The number of likely N-dealkylation sites (N-methyl/N-ethyl adjacent to an activating group) is 1. The lowest BCUT2D eigenvalue weighted by Gasteiger charge is -2.26. The average Bonchev–Trinajstić information content (AvgIpc) is 2.39. The van der Waals surface area contributed by atoms with Crippen molar-refractivity contribution in [2.24, 2.45) is 0 Å². The molecule has 0 atom stereocenters. The Kier molecular flexibility index (Phi) is 5.30. The van der Waals surface area contributed by atoms with Crippen LogP contribution < -0.4 is 5.32 Å². The molecule has 1 aromatic rings. The van der Waals surface area contributed by atoms with Crippen LogP contribution in [0.15, 0.2) is 35.2 Å². The molecule has 0 bridgehead atoms. The minimum Gasteiger partial charge on any atom is -0.350 e. The van der Waals surface area contributed by atoms with E-state index in [1.54, 1.807) is 18.2 Å². The van der Waals surface area contributed by atoms with Gasteiger partial charge in [0.25, 0.3) is 0 Å². The van der Waals surface area contributed by atoms with Crippen LogP contribution in [0.25, 0.3) is 0 Å². The van der Waals surface area contributed by atoms with Crippen molar-refractivity contribution in [3.63, 3.8) is 0 Å². The van der Waals surface area contributed by atoms with E-state index in [0.29, 0.717) is 0 Å². The highest BCUT2D eigenvalue weighted by molar-refractivity contribution is 7.89. The number of sulfonamides is 1. The fraction of sp³-hybridized carbons (Fsp3) is 0.500. The van der Waals surface area contributed by atoms with Crippen molar-refractivity contribution in [1.29, 1.82) is 0 Å². The van der Waals surface area contributed by atoms with Gasteiger partial charge in [-0.15, -0.1) is 0 Å². The minimum absolute atomic E-state index is 0.185. The maximum atomic E-state index is 12.2. The third-order valence-electron chi connectivity index (χ3n) is 3.18. The van der Waals surface area contributed by atoms with Crippen molar-refractivity contribution in [1.82, 2.24) is 9.62 Å². The van der Waals surface area contributed by atoms with E-state index in [2.05, 4.69) is 5.32 Å². The molecule has 0 aliphatic heterocycles. The number of hydrogen-bond donors (Lipinski definition) is 1. The molecule has 0 heterocycles. The van der Waals surface area contributed by atoms with Crippen LogP contribution in [0.1, 0.15) is 27.2 Å². The van der Waals surface area contributed by atoms with Gasteiger partial charge in [0.05, 0.1) is 11.4 Å². The Hall–Kier alpha value is -1.40. The molecule has 0 fully saturated rings. The molecular formula is C14H22N2O3S. The van der Waals surface area contributed by atoms with Crippen molar-refractivity contribution < 1.29 is 13.2 Å². The first-order valence-corrected chi connectivity index (χ1v) is 7.95. The summed E-state index contributed by atoms with van der Waals surface area (Å²) in [6.07, 6.45) is 0.772. The smallest absolute Gasteiger partial charge is 0.243 e. The van der Waals surface area contributed by atoms with E-state index in [0.717, 1.165) is 10.7 Å². The van der Waals surface area contributed by atoms with E-state index < -0.39 is 10.0 Å². The molecule has 112 valence electrons. The van der Waals surface area contributed by atoms with Crippen LogP contribution >= 0.6 is 0 Å². The lowest BCUT2D eigenvalue weighted by atomic mass is 10.0. The van der Waals surface area contributed by atoms with Crippen LogP contribution in [0.4, 0.5) is 0 Å². The Balaban J connectivity index is 2.77. The molecule has 1 rings (SSSR count). The van der Waals surface area contributed by atoms with Gasteiger partial charge in [0.2, 0.25) is 15.9 Å². The van der Waals surface area contributed by atoms with Crippen molar-refractivity contribution in [2.75, 3.05) is 13.6 Å². The monoisotopic (exact) mass is 298 g/mol. The van der Waals surface area contributed by atoms with Gasteiger partial charge in [-0.05, 0) is 32.4 Å². The highest BCUT2D eigenvalue weighted by Crippen LogP contribution is 2.13. The second-order valence-corrected chi connectivity index (χ2v) is 7.40. The minimum atomic E-state index is -3.62. The summed E-state index contributed by atoms with van der Waals surface area (Å²) in [5, 5.41) is 2.82. The first kappa shape index (κ1) is 16.7. The molecule has 0 aliphatic carbocycles. The van der Waals surface area contributed by atoms with Gasteiger partial charge in [-0.3, -0.25) is 4.79 Å². The van der Waals surface area contributed by atoms with Gasteiger partial charge in [0, 0.05) is 12.6 Å². The third-order valence-corrected chi connectivity index (χ3v) is 5.00. The van der Waals surface area contributed by atoms with E-state index >= 15 is 0 Å². The second-order valence-electron chi connectivity index (χ2n) is 5.36. The van der Waals surface area contributed by atoms with Crippen LogP contribution in [-0.2, 0) is 14.8 Å². The Morgan fingerprint density at radius 2 is 1.80 bits per heavy atom. The molecule has 20 heavy (non-hydrogen) atoms. The zero-order valence-electron chi connectivity index (χ0n) is 12.4. The van der Waals surface area contributed by atoms with E-state index in [9.17, 15) is 13.2 Å². The fourth-order valence-electron chi connectivity index (χ4n) is 1.56. The number of amides is 1. The SMILES string of the molecule is CCC(C)(C)NC(=O)CN(C)S(=O)(=O)c1ccccc1. The maximum Gasteiger partial charge on any atom is 0.243 e. The van der Waals surface area contributed by atoms with Crippen molar-refractivity contribution in [3.8, 4) is 0 Å². The molecule has 0 aromatic heterocycles. The predicted molar refractivity (Wildman–Crippen MR) is 78.8 cm³/mol. The lowest BCUT2D eigenvalue weighted by Crippen LogP contribution is -2.47. The molecule has 0 spiro atoms. The molecule has 1 N–H and O–H groups in total. The lowest BCUT2D eigenvalue weighted by molar-refractivity contribution is -0.122. The zero-order chi connectivity index (χ0) is 15.4. The molecule has 1 amide bonds. The average molecular weight is 298 g/mol. The summed E-state index contributed by atoms with van der Waals surface area (Å²) in [7, 11) is -2.22. The molecule has 0 aliphatic rings. The largest absolute Gasteiger partial charge is 0.350 e. The van der Waals surface area contributed by atoms with Crippen LogP contribution in [0.3, 0.4) is 0 Å². The Bertz CT molecular complexity index is 553. The van der Waals surface area contributed by atoms with E-state index in [4.69, 9.17) is 0 Å². The number of nitrogens with one attached hydrogen (secondary N) is 1. The molecule has 0 saturated heterocycles. The van der Waals surface area contributed by atoms with E-state index in [1.807, 2.05) is 20.8 Å². The molecule has 5 nitrogen and oxygen atoms in total. The van der Waals surface area contributed by atoms with Gasteiger partial charge in [0.1, 0.15) is 0 Å². The summed E-state index contributed by atoms with van der Waals surface area (Å²) in [6.45, 7) is 5.57. The van der Waals surface area contributed by atoms with Gasteiger partial charge >= 0.3 is 0 Å². The number of nitrogens with zero attached hydrogens (tertiary/aromatic N) is 1. The first-order valence-electron chi connectivity index (χ1n) is 6.51. The zero-order valence-corrected chi connectivity index (χ0v) is 13.2. The Morgan fingerprint density at radius 1 is 1.25 bits per heavy atom. The fourth-order valence-corrected chi connectivity index (χ4v) is 2.71. The van der Waals surface area contributed by atoms with Gasteiger partial charge in [-0.25, -0.2) is 8.42 Å². The van der Waals surface area contributed by atoms with Crippen LogP contribution in [-0.4, -0.2) is 37.8 Å². The van der Waals surface area contributed by atoms with Crippen LogP contribution in [0, 0.1) is 0 Å². The van der Waals surface area contributed by atoms with Gasteiger partial charge < -0.3 is 5.32 Å². The third kappa shape index (κ3) is 4.31. The topological polar surface area (TPSA) is 66.5 Å². The predicted octanol–water partition coefficient (Wildman–Crippen LogP) is 1.61. The number of carbonyl (C=O) groups excluding carboxylic acids is 1. The molecule has 0 unspecified atom stereocenters. The highest BCUT2D eigenvalue weighted by atomic mass is 32.2. The molecule has 6 heteroatoms. The first-order chi connectivity index (χ1) is 9.19. The molecule has 0 saturated carbocycles. The van der Waals surface area contributed by atoms with Gasteiger partial charge in [0.15, 0.2) is 0 Å². The van der Waals surface area contributed by atoms with Gasteiger partial charge in [-0.2, -0.15) is 4.31 Å². The van der Waals surface area contributed by atoms with E-state index in [1.165, 1.54) is 19.2 Å². The Morgan fingerprint density at radius 3 is 2.30 bits per heavy atom. The molecule has 0 radical (unpaired) electrons. The normalized spacial score (nSPS) is 12.4. The summed E-state index contributed by atoms with van der Waals surface area (Å²) < 4.78 is 25.6. The van der Waals surface area contributed by atoms with Crippen molar-refractivity contribution in [3.05, 3.63) is 30.3 Å².